The van der Waals surface area contributed by atoms with Crippen molar-refractivity contribution in [1.29, 1.82) is 0 Å². The van der Waals surface area contributed by atoms with Gasteiger partial charge in [-0.2, -0.15) is 5.90 Å². The van der Waals surface area contributed by atoms with Crippen molar-refractivity contribution in [2.75, 3.05) is 0 Å². The highest BCUT2D eigenvalue weighted by Gasteiger charge is 2.37. The zero-order valence-electron chi connectivity index (χ0n) is 5.03. The molecule has 58 valence electrons. The lowest BCUT2D eigenvalue weighted by Crippen LogP contribution is -2.66. The van der Waals surface area contributed by atoms with Gasteiger partial charge in [-0.3, -0.25) is 16.3 Å². The molecule has 0 aliphatic carbocycles. The van der Waals surface area contributed by atoms with Crippen LogP contribution in [0.1, 0.15) is 0 Å². The molecule has 8 N–H and O–H groups in total. The van der Waals surface area contributed by atoms with Gasteiger partial charge >= 0.3 is 5.97 Å². The molecule has 0 atom stereocenters. The van der Waals surface area contributed by atoms with E-state index in [0.717, 1.165) is 0 Å². The number of primary amides is 1. The maximum Gasteiger partial charge on any atom is 0.369 e. The molecule has 0 aliphatic rings. The van der Waals surface area contributed by atoms with Crippen molar-refractivity contribution < 1.29 is 14.4 Å². The molecule has 0 aliphatic heterocycles. The van der Waals surface area contributed by atoms with Crippen LogP contribution in [0.25, 0.3) is 0 Å². The molecule has 7 heteroatoms. The van der Waals surface area contributed by atoms with E-state index in [1.54, 1.807) is 0 Å². The Kier molecular flexibility index (Phi) is 2.30. The van der Waals surface area contributed by atoms with E-state index in [1.165, 1.54) is 0 Å². The summed E-state index contributed by atoms with van der Waals surface area (Å²) in [4.78, 5) is 24.2. The smallest absolute Gasteiger partial charge is 0.369 e. The Morgan fingerprint density at radius 2 is 1.70 bits per heavy atom. The third kappa shape index (κ3) is 1.41. The average Bonchev–Trinajstić information content (AvgIpc) is 1.86. The third-order valence-corrected chi connectivity index (χ3v) is 0.853. The van der Waals surface area contributed by atoms with Crippen LogP contribution in [0.15, 0.2) is 0 Å². The predicted octanol–water partition coefficient (Wildman–Crippen LogP) is -3.50. The summed E-state index contributed by atoms with van der Waals surface area (Å²) in [6.07, 6.45) is 0. The van der Waals surface area contributed by atoms with Gasteiger partial charge in [0, 0.05) is 0 Å². The Balaban J connectivity index is 4.40. The molecule has 0 unspecified atom stereocenters. The first kappa shape index (κ1) is 8.82. The number of hydrogen-bond donors (Lipinski definition) is 4. The fraction of sp³-hybridized carbons (Fsp3) is 0.333. The molecule has 0 saturated heterocycles. The monoisotopic (exact) mass is 148 g/mol. The van der Waals surface area contributed by atoms with Crippen molar-refractivity contribution in [2.24, 2.45) is 23.1 Å². The van der Waals surface area contributed by atoms with Crippen LogP contribution in [0, 0.1) is 0 Å². The van der Waals surface area contributed by atoms with Crippen molar-refractivity contribution >= 4 is 11.9 Å². The molecule has 7 nitrogen and oxygen atoms in total. The largest absolute Gasteiger partial charge is 0.371 e. The van der Waals surface area contributed by atoms with Crippen LogP contribution in [0.4, 0.5) is 0 Å². The van der Waals surface area contributed by atoms with Crippen LogP contribution in [-0.2, 0) is 14.4 Å². The number of amides is 1. The Morgan fingerprint density at radius 3 is 1.80 bits per heavy atom. The Morgan fingerprint density at radius 1 is 1.30 bits per heavy atom. The second-order valence-electron chi connectivity index (χ2n) is 1.64. The van der Waals surface area contributed by atoms with Crippen LogP contribution in [-0.4, -0.2) is 17.5 Å². The molecule has 0 aromatic heterocycles. The SMILES string of the molecule is NOC(=O)C(N)(N)C(N)=O. The van der Waals surface area contributed by atoms with Crippen LogP contribution in [0.5, 0.6) is 0 Å². The lowest BCUT2D eigenvalue weighted by Gasteiger charge is -2.15. The van der Waals surface area contributed by atoms with Crippen LogP contribution >= 0.6 is 0 Å². The summed E-state index contributed by atoms with van der Waals surface area (Å²) in [7, 11) is 0. The minimum Gasteiger partial charge on any atom is -0.371 e. The lowest BCUT2D eigenvalue weighted by atomic mass is 10.2. The minimum atomic E-state index is -2.34. The van der Waals surface area contributed by atoms with Gasteiger partial charge in [0.25, 0.3) is 5.91 Å². The molecule has 0 aromatic rings. The Hall–Kier alpha value is -1.18. The summed E-state index contributed by atoms with van der Waals surface area (Å²) in [6.45, 7) is 0. The van der Waals surface area contributed by atoms with E-state index in [2.05, 4.69) is 16.5 Å². The van der Waals surface area contributed by atoms with Gasteiger partial charge in [-0.05, 0) is 0 Å². The summed E-state index contributed by atoms with van der Waals surface area (Å²) >= 11 is 0. The van der Waals surface area contributed by atoms with Crippen molar-refractivity contribution in [3.8, 4) is 0 Å². The summed E-state index contributed by atoms with van der Waals surface area (Å²) in [6, 6.07) is 0. The molecule has 0 heterocycles. The van der Waals surface area contributed by atoms with Gasteiger partial charge in [0.2, 0.25) is 5.66 Å². The van der Waals surface area contributed by atoms with E-state index in [1.807, 2.05) is 0 Å². The molecule has 0 bridgehead atoms. The van der Waals surface area contributed by atoms with E-state index < -0.39 is 17.5 Å². The summed E-state index contributed by atoms with van der Waals surface area (Å²) in [5, 5.41) is 0. The fourth-order valence-corrected chi connectivity index (χ4v) is 0.198. The van der Waals surface area contributed by atoms with Gasteiger partial charge in [-0.25, -0.2) is 4.79 Å². The lowest BCUT2D eigenvalue weighted by molar-refractivity contribution is -0.154. The van der Waals surface area contributed by atoms with Crippen LogP contribution in [0.3, 0.4) is 0 Å². The van der Waals surface area contributed by atoms with E-state index in [9.17, 15) is 9.59 Å². The van der Waals surface area contributed by atoms with Crippen molar-refractivity contribution in [1.82, 2.24) is 0 Å². The zero-order chi connectivity index (χ0) is 8.36. The van der Waals surface area contributed by atoms with Crippen LogP contribution < -0.4 is 23.1 Å². The number of carbonyl (C=O) groups is 2. The quantitative estimate of drug-likeness (QED) is 0.181. The minimum absolute atomic E-state index is 1.21. The topological polar surface area (TPSA) is 147 Å². The number of nitrogens with two attached hydrogens (primary N) is 4. The first-order chi connectivity index (χ1) is 4.42. The van der Waals surface area contributed by atoms with E-state index in [0.29, 0.717) is 0 Å². The van der Waals surface area contributed by atoms with E-state index in [-0.39, 0.29) is 0 Å². The second kappa shape index (κ2) is 2.60. The van der Waals surface area contributed by atoms with Gasteiger partial charge in [0.15, 0.2) is 0 Å². The van der Waals surface area contributed by atoms with Gasteiger partial charge in [0.05, 0.1) is 0 Å². The third-order valence-electron chi connectivity index (χ3n) is 0.853. The number of hydrogen-bond acceptors (Lipinski definition) is 6. The molecular weight excluding hydrogens is 140 g/mol. The van der Waals surface area contributed by atoms with Gasteiger partial charge in [-0.1, -0.05) is 0 Å². The number of carbonyl (C=O) groups excluding carboxylic acids is 2. The van der Waals surface area contributed by atoms with Crippen molar-refractivity contribution in [2.45, 2.75) is 5.66 Å². The number of rotatable bonds is 2. The first-order valence-electron chi connectivity index (χ1n) is 2.21. The average molecular weight is 148 g/mol. The van der Waals surface area contributed by atoms with Crippen LogP contribution in [0.2, 0.25) is 0 Å². The van der Waals surface area contributed by atoms with Crippen molar-refractivity contribution in [3.05, 3.63) is 0 Å². The maximum absolute atomic E-state index is 10.4. The normalized spacial score (nSPS) is 10.7. The molecule has 0 fully saturated rings. The summed E-state index contributed by atoms with van der Waals surface area (Å²) < 4.78 is 0. The summed E-state index contributed by atoms with van der Waals surface area (Å²) in [5.41, 5.74) is 12.0. The highest BCUT2D eigenvalue weighted by molar-refractivity contribution is 6.05. The summed E-state index contributed by atoms with van der Waals surface area (Å²) in [5.74, 6) is 1.90. The van der Waals surface area contributed by atoms with Crippen molar-refractivity contribution in [3.63, 3.8) is 0 Å². The predicted molar refractivity (Wildman–Crippen MR) is 30.6 cm³/mol. The molecular formula is C3H8N4O3. The Bertz CT molecular complexity index is 165. The molecule has 1 amide bonds. The standard InChI is InChI=1S/C3H8N4O3/c4-1(8)3(5,6)2(9)10-7/h5-7H2,(H2,4,8). The molecule has 0 rings (SSSR count). The van der Waals surface area contributed by atoms with Gasteiger partial charge < -0.3 is 10.6 Å². The van der Waals surface area contributed by atoms with E-state index in [4.69, 9.17) is 11.5 Å². The maximum atomic E-state index is 10.4. The fourth-order valence-electron chi connectivity index (χ4n) is 0.198. The highest BCUT2D eigenvalue weighted by Crippen LogP contribution is 1.89. The molecule has 0 aromatic carbocycles. The highest BCUT2D eigenvalue weighted by atomic mass is 16.7. The molecule has 0 radical (unpaired) electrons. The molecule has 10 heavy (non-hydrogen) atoms. The van der Waals surface area contributed by atoms with E-state index >= 15 is 0 Å². The first-order valence-corrected chi connectivity index (χ1v) is 2.21. The molecule has 0 spiro atoms. The second-order valence-corrected chi connectivity index (χ2v) is 1.64. The molecule has 0 saturated carbocycles. The van der Waals surface area contributed by atoms with Gasteiger partial charge in [0.1, 0.15) is 0 Å². The Labute approximate surface area is 56.2 Å². The van der Waals surface area contributed by atoms with Gasteiger partial charge in [-0.15, -0.1) is 0 Å². The zero-order valence-corrected chi connectivity index (χ0v) is 5.03.